The fourth-order valence-electron chi connectivity index (χ4n) is 2.33. The largest absolute Gasteiger partial charge is 0.507 e. The van der Waals surface area contributed by atoms with Gasteiger partial charge in [0.05, 0.1) is 12.7 Å². The van der Waals surface area contributed by atoms with Crippen molar-refractivity contribution in [2.75, 3.05) is 19.0 Å². The molecule has 2 aromatic rings. The van der Waals surface area contributed by atoms with Crippen molar-refractivity contribution in [1.82, 2.24) is 5.32 Å². The highest BCUT2D eigenvalue weighted by molar-refractivity contribution is 5.97. The summed E-state index contributed by atoms with van der Waals surface area (Å²) in [4.78, 5) is 12.3. The van der Waals surface area contributed by atoms with Gasteiger partial charge >= 0.3 is 0 Å². The molecule has 5 nitrogen and oxygen atoms in total. The van der Waals surface area contributed by atoms with Crippen molar-refractivity contribution in [1.29, 1.82) is 0 Å². The number of anilines is 1. The molecule has 0 aromatic heterocycles. The van der Waals surface area contributed by atoms with Crippen molar-refractivity contribution in [3.05, 3.63) is 54.1 Å². The van der Waals surface area contributed by atoms with Gasteiger partial charge in [-0.25, -0.2) is 0 Å². The first kappa shape index (κ1) is 17.7. The Kier molecular flexibility index (Phi) is 6.07. The monoisotopic (exact) mass is 328 g/mol. The Morgan fingerprint density at radius 1 is 1.17 bits per heavy atom. The molecule has 1 amide bonds. The molecule has 0 saturated carbocycles. The first-order valence-electron chi connectivity index (χ1n) is 7.98. The number of nitrogens with one attached hydrogen (secondary N) is 2. The average molecular weight is 328 g/mol. The molecule has 5 heteroatoms. The van der Waals surface area contributed by atoms with E-state index in [0.29, 0.717) is 18.2 Å². The zero-order valence-corrected chi connectivity index (χ0v) is 14.2. The topological polar surface area (TPSA) is 70.6 Å². The highest BCUT2D eigenvalue weighted by Crippen LogP contribution is 2.23. The standard InChI is InChI=1S/C19H24N2O3/c1-13(2)17(21-14-7-5-4-6-8-14)12-20-19(23)16-10-9-15(24-3)11-18(16)22/h4-11,13,17,21-22H,12H2,1-3H3,(H,20,23)/t17-/m1/s1. The summed E-state index contributed by atoms with van der Waals surface area (Å²) in [6, 6.07) is 14.6. The van der Waals surface area contributed by atoms with E-state index >= 15 is 0 Å². The summed E-state index contributed by atoms with van der Waals surface area (Å²) in [5, 5.41) is 16.2. The highest BCUT2D eigenvalue weighted by atomic mass is 16.5. The molecule has 0 saturated heterocycles. The molecule has 0 radical (unpaired) electrons. The summed E-state index contributed by atoms with van der Waals surface area (Å²) >= 11 is 0. The van der Waals surface area contributed by atoms with Crippen LogP contribution in [0.25, 0.3) is 0 Å². The van der Waals surface area contributed by atoms with Crippen LogP contribution in [-0.2, 0) is 0 Å². The maximum Gasteiger partial charge on any atom is 0.255 e. The van der Waals surface area contributed by atoms with E-state index in [9.17, 15) is 9.90 Å². The molecule has 0 aliphatic rings. The number of hydrogen-bond donors (Lipinski definition) is 3. The van der Waals surface area contributed by atoms with E-state index in [1.807, 2.05) is 30.3 Å². The lowest BCUT2D eigenvalue weighted by Crippen LogP contribution is -2.39. The quantitative estimate of drug-likeness (QED) is 0.729. The second-order valence-electron chi connectivity index (χ2n) is 5.95. The van der Waals surface area contributed by atoms with Gasteiger partial charge in [-0.05, 0) is 30.2 Å². The van der Waals surface area contributed by atoms with Gasteiger partial charge in [-0.15, -0.1) is 0 Å². The van der Waals surface area contributed by atoms with Crippen LogP contribution in [0.2, 0.25) is 0 Å². The summed E-state index contributed by atoms with van der Waals surface area (Å²) in [7, 11) is 1.51. The molecule has 128 valence electrons. The number of aromatic hydroxyl groups is 1. The summed E-state index contributed by atoms with van der Waals surface area (Å²) in [6.07, 6.45) is 0. The number of ether oxygens (including phenoxy) is 1. The molecule has 0 aliphatic carbocycles. The Morgan fingerprint density at radius 3 is 2.46 bits per heavy atom. The molecule has 0 bridgehead atoms. The zero-order chi connectivity index (χ0) is 17.5. The number of carbonyl (C=O) groups is 1. The third kappa shape index (κ3) is 4.65. The van der Waals surface area contributed by atoms with Crippen LogP contribution in [0.15, 0.2) is 48.5 Å². The van der Waals surface area contributed by atoms with Gasteiger partial charge in [-0.3, -0.25) is 4.79 Å². The van der Waals surface area contributed by atoms with Crippen LogP contribution >= 0.6 is 0 Å². The minimum atomic E-state index is -0.310. The number of benzene rings is 2. The number of hydrogen-bond acceptors (Lipinski definition) is 4. The predicted molar refractivity (Wildman–Crippen MR) is 95.7 cm³/mol. The lowest BCUT2D eigenvalue weighted by molar-refractivity contribution is 0.0947. The number of methoxy groups -OCH3 is 1. The molecule has 2 aromatic carbocycles. The molecular formula is C19H24N2O3. The SMILES string of the molecule is COc1ccc(C(=O)NC[C@@H](Nc2ccccc2)C(C)C)c(O)c1. The van der Waals surface area contributed by atoms with Gasteiger partial charge in [-0.2, -0.15) is 0 Å². The van der Waals surface area contributed by atoms with Crippen molar-refractivity contribution in [2.45, 2.75) is 19.9 Å². The lowest BCUT2D eigenvalue weighted by atomic mass is 10.0. The van der Waals surface area contributed by atoms with Gasteiger partial charge in [0, 0.05) is 24.3 Å². The molecule has 0 aliphatic heterocycles. The number of amides is 1. The van der Waals surface area contributed by atoms with Gasteiger partial charge in [0.15, 0.2) is 0 Å². The average Bonchev–Trinajstić information content (AvgIpc) is 2.58. The van der Waals surface area contributed by atoms with E-state index in [1.54, 1.807) is 12.1 Å². The van der Waals surface area contributed by atoms with Gasteiger partial charge in [0.25, 0.3) is 5.91 Å². The zero-order valence-electron chi connectivity index (χ0n) is 14.2. The Hall–Kier alpha value is -2.69. The van der Waals surface area contributed by atoms with E-state index in [4.69, 9.17) is 4.74 Å². The number of phenols is 1. The van der Waals surface area contributed by atoms with Gasteiger partial charge in [0.1, 0.15) is 11.5 Å². The van der Waals surface area contributed by atoms with Crippen LogP contribution in [0.3, 0.4) is 0 Å². The Morgan fingerprint density at radius 2 is 1.88 bits per heavy atom. The first-order valence-corrected chi connectivity index (χ1v) is 7.98. The Balaban J connectivity index is 2.00. The van der Waals surface area contributed by atoms with Gasteiger partial charge in [0.2, 0.25) is 0 Å². The molecule has 0 fully saturated rings. The third-order valence-corrected chi connectivity index (χ3v) is 3.86. The lowest BCUT2D eigenvalue weighted by Gasteiger charge is -2.24. The number of carbonyl (C=O) groups excluding carboxylic acids is 1. The van der Waals surface area contributed by atoms with E-state index in [1.165, 1.54) is 13.2 Å². The van der Waals surface area contributed by atoms with E-state index in [2.05, 4.69) is 24.5 Å². The third-order valence-electron chi connectivity index (χ3n) is 3.86. The van der Waals surface area contributed by atoms with Crippen molar-refractivity contribution in [2.24, 2.45) is 5.92 Å². The van der Waals surface area contributed by atoms with Crippen LogP contribution in [0.4, 0.5) is 5.69 Å². The van der Waals surface area contributed by atoms with Crippen molar-refractivity contribution in [3.8, 4) is 11.5 Å². The maximum atomic E-state index is 12.3. The molecule has 3 N–H and O–H groups in total. The molecular weight excluding hydrogens is 304 g/mol. The number of rotatable bonds is 7. The number of para-hydroxylation sites is 1. The molecule has 0 spiro atoms. The van der Waals surface area contributed by atoms with Crippen LogP contribution < -0.4 is 15.4 Å². The van der Waals surface area contributed by atoms with Gasteiger partial charge in [-0.1, -0.05) is 32.0 Å². The second-order valence-corrected chi connectivity index (χ2v) is 5.95. The first-order chi connectivity index (χ1) is 11.5. The second kappa shape index (κ2) is 8.24. The molecule has 0 heterocycles. The number of phenolic OH excluding ortho intramolecular Hbond substituents is 1. The molecule has 24 heavy (non-hydrogen) atoms. The van der Waals surface area contributed by atoms with Crippen LogP contribution in [0, 0.1) is 5.92 Å². The van der Waals surface area contributed by atoms with E-state index < -0.39 is 0 Å². The van der Waals surface area contributed by atoms with Crippen molar-refractivity contribution in [3.63, 3.8) is 0 Å². The summed E-state index contributed by atoms with van der Waals surface area (Å²) in [5.74, 6) is 0.435. The minimum Gasteiger partial charge on any atom is -0.507 e. The Labute approximate surface area is 142 Å². The van der Waals surface area contributed by atoms with Crippen LogP contribution in [0.5, 0.6) is 11.5 Å². The summed E-state index contributed by atoms with van der Waals surface area (Å²) in [5.41, 5.74) is 1.25. The normalized spacial score (nSPS) is 11.8. The minimum absolute atomic E-state index is 0.0803. The smallest absolute Gasteiger partial charge is 0.255 e. The highest BCUT2D eigenvalue weighted by Gasteiger charge is 2.17. The van der Waals surface area contributed by atoms with E-state index in [-0.39, 0.29) is 23.3 Å². The molecule has 0 unspecified atom stereocenters. The summed E-state index contributed by atoms with van der Waals surface area (Å²) in [6.45, 7) is 4.64. The molecule has 2 rings (SSSR count). The maximum absolute atomic E-state index is 12.3. The molecule has 1 atom stereocenters. The fraction of sp³-hybridized carbons (Fsp3) is 0.316. The van der Waals surface area contributed by atoms with E-state index in [0.717, 1.165) is 5.69 Å². The van der Waals surface area contributed by atoms with Crippen molar-refractivity contribution >= 4 is 11.6 Å². The Bertz CT molecular complexity index is 672. The van der Waals surface area contributed by atoms with Gasteiger partial charge < -0.3 is 20.5 Å². The predicted octanol–water partition coefficient (Wildman–Crippen LogP) is 3.27. The fourth-order valence-corrected chi connectivity index (χ4v) is 2.33. The van der Waals surface area contributed by atoms with Crippen LogP contribution in [0.1, 0.15) is 24.2 Å². The summed E-state index contributed by atoms with van der Waals surface area (Å²) < 4.78 is 5.02. The van der Waals surface area contributed by atoms with Crippen molar-refractivity contribution < 1.29 is 14.6 Å². The van der Waals surface area contributed by atoms with Crippen LogP contribution in [-0.4, -0.2) is 30.7 Å².